The fraction of sp³-hybridized carbons (Fsp3) is 0.538. The number of phenolic OH excluding ortho intramolecular Hbond substituents is 1. The van der Waals surface area contributed by atoms with Crippen LogP contribution in [0.2, 0.25) is 0 Å². The van der Waals surface area contributed by atoms with Gasteiger partial charge in [0.1, 0.15) is 0 Å². The van der Waals surface area contributed by atoms with Crippen LogP contribution in [0.1, 0.15) is 37.8 Å². The average molecular weight is 341 g/mol. The van der Waals surface area contributed by atoms with Crippen LogP contribution in [0.4, 0.5) is 17.6 Å². The molecule has 0 bridgehead atoms. The molecule has 0 spiro atoms. The Hall–Kier alpha value is -0.780. The molecule has 0 aliphatic heterocycles. The molecule has 1 nitrogen and oxygen atoms in total. The van der Waals surface area contributed by atoms with E-state index in [0.717, 1.165) is 13.0 Å². The summed E-state index contributed by atoms with van der Waals surface area (Å²) in [5.41, 5.74) is -3.21. The molecule has 6 heteroatoms. The molecule has 0 heterocycles. The van der Waals surface area contributed by atoms with E-state index in [0.29, 0.717) is 0 Å². The van der Waals surface area contributed by atoms with Gasteiger partial charge in [-0.25, -0.2) is 17.6 Å². The average Bonchev–Trinajstić information content (AvgIpc) is 2.71. The Morgan fingerprint density at radius 3 is 2.16 bits per heavy atom. The summed E-state index contributed by atoms with van der Waals surface area (Å²) in [6.45, 7) is 4.39. The molecule has 0 radical (unpaired) electrons. The van der Waals surface area contributed by atoms with Gasteiger partial charge in [-0.1, -0.05) is 20.8 Å². The van der Waals surface area contributed by atoms with Gasteiger partial charge in [-0.15, -0.1) is 0 Å². The third-order valence-electron chi connectivity index (χ3n) is 3.77. The molecule has 1 fully saturated rings. The lowest BCUT2D eigenvalue weighted by molar-refractivity contribution is 0.0386. The molecule has 1 aliphatic carbocycles. The first-order chi connectivity index (χ1) is 8.56. The molecule has 0 aromatic heterocycles. The van der Waals surface area contributed by atoms with Crippen LogP contribution in [-0.4, -0.2) is 11.0 Å². The summed E-state index contributed by atoms with van der Waals surface area (Å²) >= 11 is 2.76. The maximum Gasteiger partial charge on any atom is 0.292 e. The zero-order valence-electron chi connectivity index (χ0n) is 10.6. The van der Waals surface area contributed by atoms with Crippen molar-refractivity contribution < 1.29 is 22.7 Å². The van der Waals surface area contributed by atoms with Crippen molar-refractivity contribution in [3.05, 3.63) is 27.5 Å². The lowest BCUT2D eigenvalue weighted by Gasteiger charge is -2.16. The Kier molecular flexibility index (Phi) is 3.16. The van der Waals surface area contributed by atoms with Crippen molar-refractivity contribution >= 4 is 15.9 Å². The van der Waals surface area contributed by atoms with E-state index in [-0.39, 0.29) is 11.5 Å². The van der Waals surface area contributed by atoms with Crippen LogP contribution in [0.15, 0.2) is 10.5 Å². The molecule has 1 aromatic carbocycles. The molecule has 106 valence electrons. The normalized spacial score (nSPS) is 28.8. The van der Waals surface area contributed by atoms with Crippen molar-refractivity contribution in [1.82, 2.24) is 0 Å². The van der Waals surface area contributed by atoms with E-state index in [9.17, 15) is 22.7 Å². The molecule has 1 saturated carbocycles. The number of halogens is 5. The number of phenols is 1. The first kappa shape index (κ1) is 14.6. The third-order valence-corrected chi connectivity index (χ3v) is 4.54. The van der Waals surface area contributed by atoms with Gasteiger partial charge in [-0.3, -0.25) is 0 Å². The molecule has 2 unspecified atom stereocenters. The van der Waals surface area contributed by atoms with E-state index in [1.54, 1.807) is 13.8 Å². The minimum Gasteiger partial charge on any atom is -0.505 e. The van der Waals surface area contributed by atoms with E-state index >= 15 is 0 Å². The Labute approximate surface area is 116 Å². The highest BCUT2D eigenvalue weighted by atomic mass is 79.9. The summed E-state index contributed by atoms with van der Waals surface area (Å²) in [5, 5.41) is 9.64. The Bertz CT molecular complexity index is 544. The van der Waals surface area contributed by atoms with E-state index in [1.807, 2.05) is 0 Å². The van der Waals surface area contributed by atoms with Gasteiger partial charge in [0.25, 0.3) is 5.92 Å². The lowest BCUT2D eigenvalue weighted by atomic mass is 9.96. The smallest absolute Gasteiger partial charge is 0.292 e. The molecule has 0 amide bonds. The minimum absolute atomic E-state index is 0.114. The fourth-order valence-electron chi connectivity index (χ4n) is 2.29. The molecular weight excluding hydrogens is 328 g/mol. The summed E-state index contributed by atoms with van der Waals surface area (Å²) in [6.07, 6.45) is 0. The van der Waals surface area contributed by atoms with Gasteiger partial charge in [0.15, 0.2) is 11.6 Å². The second-order valence-electron chi connectivity index (χ2n) is 5.20. The largest absolute Gasteiger partial charge is 0.505 e. The maximum atomic E-state index is 14.4. The van der Waals surface area contributed by atoms with E-state index in [1.165, 1.54) is 0 Å². The molecule has 19 heavy (non-hydrogen) atoms. The van der Waals surface area contributed by atoms with E-state index < -0.39 is 39.1 Å². The van der Waals surface area contributed by atoms with E-state index in [4.69, 9.17) is 0 Å². The van der Waals surface area contributed by atoms with Crippen molar-refractivity contribution in [3.63, 3.8) is 0 Å². The first-order valence-electron chi connectivity index (χ1n) is 5.84. The summed E-state index contributed by atoms with van der Waals surface area (Å²) in [7, 11) is 0. The standard InChI is InChI=1S/C13H13BrF4O/c1-5(2)7-4-8(9(14)10(15)11(7)19)12(16)6(3)13(12,17)18/h4-6,19H,1-3H3. The van der Waals surface area contributed by atoms with Crippen LogP contribution in [0.25, 0.3) is 0 Å². The maximum absolute atomic E-state index is 14.4. The Morgan fingerprint density at radius 1 is 1.32 bits per heavy atom. The Morgan fingerprint density at radius 2 is 1.79 bits per heavy atom. The predicted octanol–water partition coefficient (Wildman–Crippen LogP) is 4.87. The van der Waals surface area contributed by atoms with Crippen LogP contribution in [0, 0.1) is 11.7 Å². The molecule has 2 rings (SSSR count). The zero-order valence-corrected chi connectivity index (χ0v) is 12.2. The number of rotatable bonds is 2. The molecule has 0 saturated heterocycles. The second kappa shape index (κ2) is 4.11. The SMILES string of the molecule is CC(C)c1cc(C2(F)C(C)C2(F)F)c(Br)c(F)c1O. The molecule has 2 atom stereocenters. The Balaban J connectivity index is 2.67. The zero-order chi connectivity index (χ0) is 14.7. The van der Waals surface area contributed by atoms with Gasteiger partial charge in [0, 0.05) is 5.56 Å². The molecule has 1 aliphatic rings. The van der Waals surface area contributed by atoms with Crippen molar-refractivity contribution in [2.75, 3.05) is 0 Å². The van der Waals surface area contributed by atoms with Crippen molar-refractivity contribution in [3.8, 4) is 5.75 Å². The monoisotopic (exact) mass is 340 g/mol. The van der Waals surface area contributed by atoms with Gasteiger partial charge >= 0.3 is 0 Å². The van der Waals surface area contributed by atoms with Gasteiger partial charge in [-0.05, 0) is 33.5 Å². The molecule has 1 aromatic rings. The predicted molar refractivity (Wildman–Crippen MR) is 66.8 cm³/mol. The summed E-state index contributed by atoms with van der Waals surface area (Å²) in [5.74, 6) is -7.08. The van der Waals surface area contributed by atoms with Crippen LogP contribution < -0.4 is 0 Å². The quantitative estimate of drug-likeness (QED) is 0.761. The van der Waals surface area contributed by atoms with Crippen LogP contribution in [-0.2, 0) is 5.67 Å². The minimum atomic E-state index is -3.52. The topological polar surface area (TPSA) is 20.2 Å². The van der Waals surface area contributed by atoms with Crippen LogP contribution in [0.3, 0.4) is 0 Å². The number of hydrogen-bond acceptors (Lipinski definition) is 1. The lowest BCUT2D eigenvalue weighted by Crippen LogP contribution is -2.13. The number of aromatic hydroxyl groups is 1. The van der Waals surface area contributed by atoms with Crippen LogP contribution >= 0.6 is 15.9 Å². The number of benzene rings is 1. The highest BCUT2D eigenvalue weighted by molar-refractivity contribution is 9.10. The van der Waals surface area contributed by atoms with Crippen LogP contribution in [0.5, 0.6) is 5.75 Å². The third kappa shape index (κ3) is 1.72. The summed E-state index contributed by atoms with van der Waals surface area (Å²) < 4.78 is 54.6. The summed E-state index contributed by atoms with van der Waals surface area (Å²) in [4.78, 5) is 0. The summed E-state index contributed by atoms with van der Waals surface area (Å²) in [6, 6.07) is 1.12. The van der Waals surface area contributed by atoms with Gasteiger partial charge in [0.2, 0.25) is 5.67 Å². The van der Waals surface area contributed by atoms with Gasteiger partial charge in [0.05, 0.1) is 10.4 Å². The fourth-order valence-corrected chi connectivity index (χ4v) is 2.88. The van der Waals surface area contributed by atoms with Gasteiger partial charge in [-0.2, -0.15) is 0 Å². The second-order valence-corrected chi connectivity index (χ2v) is 5.99. The highest BCUT2D eigenvalue weighted by Gasteiger charge is 2.81. The van der Waals surface area contributed by atoms with Gasteiger partial charge < -0.3 is 5.11 Å². The van der Waals surface area contributed by atoms with Crippen molar-refractivity contribution in [2.45, 2.75) is 38.3 Å². The first-order valence-corrected chi connectivity index (χ1v) is 6.64. The molecular formula is C13H13BrF4O. The van der Waals surface area contributed by atoms with Crippen molar-refractivity contribution in [2.24, 2.45) is 5.92 Å². The van der Waals surface area contributed by atoms with E-state index in [2.05, 4.69) is 15.9 Å². The highest BCUT2D eigenvalue weighted by Crippen LogP contribution is 2.69. The van der Waals surface area contributed by atoms with Crippen molar-refractivity contribution in [1.29, 1.82) is 0 Å². The molecule has 1 N–H and O–H groups in total. The number of hydrogen-bond donors (Lipinski definition) is 1. The number of alkyl halides is 3.